The van der Waals surface area contributed by atoms with E-state index < -0.39 is 11.7 Å². The third-order valence-electron chi connectivity index (χ3n) is 2.92. The number of nitrogens with one attached hydrogen (secondary N) is 1. The molecule has 114 valence electrons. The first-order chi connectivity index (χ1) is 9.90. The van der Waals surface area contributed by atoms with Gasteiger partial charge in [-0.15, -0.1) is 11.3 Å². The van der Waals surface area contributed by atoms with Crippen molar-refractivity contribution in [3.05, 3.63) is 40.9 Å². The molecule has 1 aromatic heterocycles. The van der Waals surface area contributed by atoms with Crippen LogP contribution in [0.2, 0.25) is 0 Å². The maximum Gasteiger partial charge on any atom is 0.416 e. The van der Waals surface area contributed by atoms with Gasteiger partial charge in [0.05, 0.1) is 17.9 Å². The van der Waals surface area contributed by atoms with Crippen molar-refractivity contribution in [3.8, 4) is 10.6 Å². The molecule has 0 saturated carbocycles. The minimum Gasteiger partial charge on any atom is -0.395 e. The van der Waals surface area contributed by atoms with Crippen LogP contribution in [-0.2, 0) is 12.7 Å². The molecule has 0 bridgehead atoms. The Morgan fingerprint density at radius 1 is 1.29 bits per heavy atom. The number of aromatic nitrogens is 1. The van der Waals surface area contributed by atoms with Crippen LogP contribution in [0.4, 0.5) is 13.2 Å². The number of nitrogens with zero attached hydrogens (tertiary/aromatic N) is 1. The molecule has 0 aliphatic heterocycles. The summed E-state index contributed by atoms with van der Waals surface area (Å²) in [5.74, 6) is 0. The summed E-state index contributed by atoms with van der Waals surface area (Å²) in [6.07, 6.45) is -4.32. The summed E-state index contributed by atoms with van der Waals surface area (Å²) in [4.78, 5) is 4.37. The molecule has 0 fully saturated rings. The Kier molecular flexibility index (Phi) is 4.97. The van der Waals surface area contributed by atoms with Crippen molar-refractivity contribution >= 4 is 11.3 Å². The number of thiazole rings is 1. The molecule has 2 N–H and O–H groups in total. The van der Waals surface area contributed by atoms with Crippen LogP contribution in [0.3, 0.4) is 0 Å². The molecule has 1 unspecified atom stereocenters. The van der Waals surface area contributed by atoms with Crippen molar-refractivity contribution < 1.29 is 18.3 Å². The van der Waals surface area contributed by atoms with Crippen molar-refractivity contribution in [1.82, 2.24) is 10.3 Å². The average molecular weight is 316 g/mol. The summed E-state index contributed by atoms with van der Waals surface area (Å²) in [7, 11) is 0. The van der Waals surface area contributed by atoms with Gasteiger partial charge in [-0.05, 0) is 19.1 Å². The average Bonchev–Trinajstić information content (AvgIpc) is 2.93. The number of hydrogen-bond donors (Lipinski definition) is 2. The highest BCUT2D eigenvalue weighted by Gasteiger charge is 2.30. The molecule has 0 aliphatic carbocycles. The molecule has 0 aliphatic rings. The maximum atomic E-state index is 12.5. The Hall–Kier alpha value is -1.44. The van der Waals surface area contributed by atoms with Crippen molar-refractivity contribution in [2.24, 2.45) is 0 Å². The summed E-state index contributed by atoms with van der Waals surface area (Å²) in [5, 5.41) is 14.5. The van der Waals surface area contributed by atoms with E-state index in [1.54, 1.807) is 0 Å². The standard InChI is InChI=1S/C14H15F3N2OS/c1-9(7-20)18-6-12-8-21-13(19-12)10-2-4-11(5-3-10)14(15,16)17/h2-5,8-9,18,20H,6-7H2,1H3. The monoisotopic (exact) mass is 316 g/mol. The Balaban J connectivity index is 2.07. The molecule has 0 spiro atoms. The number of hydrogen-bond acceptors (Lipinski definition) is 4. The van der Waals surface area contributed by atoms with Gasteiger partial charge in [0.2, 0.25) is 0 Å². The Morgan fingerprint density at radius 3 is 2.52 bits per heavy atom. The first-order valence-corrected chi connectivity index (χ1v) is 7.24. The van der Waals surface area contributed by atoms with E-state index in [1.807, 2.05) is 12.3 Å². The Morgan fingerprint density at radius 2 is 1.95 bits per heavy atom. The summed E-state index contributed by atoms with van der Waals surface area (Å²) >= 11 is 1.38. The van der Waals surface area contributed by atoms with Crippen LogP contribution >= 0.6 is 11.3 Å². The number of benzene rings is 1. The van der Waals surface area contributed by atoms with E-state index in [1.165, 1.54) is 23.5 Å². The molecule has 1 aromatic carbocycles. The zero-order valence-electron chi connectivity index (χ0n) is 11.3. The fraction of sp³-hybridized carbons (Fsp3) is 0.357. The highest BCUT2D eigenvalue weighted by Crippen LogP contribution is 2.31. The lowest BCUT2D eigenvalue weighted by atomic mass is 10.1. The predicted octanol–water partition coefficient (Wildman–Crippen LogP) is 3.30. The SMILES string of the molecule is CC(CO)NCc1csc(-c2ccc(C(F)(F)F)cc2)n1. The lowest BCUT2D eigenvalue weighted by Crippen LogP contribution is -2.28. The van der Waals surface area contributed by atoms with Crippen molar-refractivity contribution in [2.75, 3.05) is 6.61 Å². The topological polar surface area (TPSA) is 45.1 Å². The third-order valence-corrected chi connectivity index (χ3v) is 3.86. The van der Waals surface area contributed by atoms with Crippen molar-refractivity contribution in [2.45, 2.75) is 25.7 Å². The van der Waals surface area contributed by atoms with Gasteiger partial charge in [-0.3, -0.25) is 0 Å². The third kappa shape index (κ3) is 4.26. The van der Waals surface area contributed by atoms with Gasteiger partial charge in [0.1, 0.15) is 5.01 Å². The van der Waals surface area contributed by atoms with E-state index >= 15 is 0 Å². The van der Waals surface area contributed by atoms with Crippen LogP contribution in [0.1, 0.15) is 18.2 Å². The summed E-state index contributed by atoms with van der Waals surface area (Å²) in [5.41, 5.74) is 0.797. The van der Waals surface area contributed by atoms with Gasteiger partial charge in [0, 0.05) is 23.5 Å². The molecule has 1 atom stereocenters. The second kappa shape index (κ2) is 6.55. The van der Waals surface area contributed by atoms with E-state index in [4.69, 9.17) is 5.11 Å². The molecule has 3 nitrogen and oxygen atoms in total. The molecular formula is C14H15F3N2OS. The minimum atomic E-state index is -4.32. The lowest BCUT2D eigenvalue weighted by molar-refractivity contribution is -0.137. The second-order valence-electron chi connectivity index (χ2n) is 4.68. The first-order valence-electron chi connectivity index (χ1n) is 6.36. The van der Waals surface area contributed by atoms with Crippen LogP contribution in [0.5, 0.6) is 0 Å². The Labute approximate surface area is 124 Å². The van der Waals surface area contributed by atoms with Crippen LogP contribution in [0.15, 0.2) is 29.6 Å². The first kappa shape index (κ1) is 15.9. The summed E-state index contributed by atoms with van der Waals surface area (Å²) in [6, 6.07) is 4.94. The zero-order valence-corrected chi connectivity index (χ0v) is 12.1. The summed E-state index contributed by atoms with van der Waals surface area (Å²) < 4.78 is 37.5. The number of aliphatic hydroxyl groups excluding tert-OH is 1. The molecule has 1 heterocycles. The van der Waals surface area contributed by atoms with Crippen molar-refractivity contribution in [1.29, 1.82) is 0 Å². The highest BCUT2D eigenvalue weighted by molar-refractivity contribution is 7.13. The molecule has 0 amide bonds. The van der Waals surface area contributed by atoms with Gasteiger partial charge in [-0.2, -0.15) is 13.2 Å². The maximum absolute atomic E-state index is 12.5. The molecule has 2 aromatic rings. The molecule has 2 rings (SSSR count). The van der Waals surface area contributed by atoms with Gasteiger partial charge in [0.15, 0.2) is 0 Å². The van der Waals surface area contributed by atoms with Crippen LogP contribution in [-0.4, -0.2) is 22.7 Å². The van der Waals surface area contributed by atoms with E-state index in [-0.39, 0.29) is 12.6 Å². The number of halogens is 3. The molecule has 21 heavy (non-hydrogen) atoms. The van der Waals surface area contributed by atoms with Gasteiger partial charge in [-0.25, -0.2) is 4.98 Å². The van der Waals surface area contributed by atoms with Gasteiger partial charge >= 0.3 is 6.18 Å². The number of aliphatic hydroxyl groups is 1. The van der Waals surface area contributed by atoms with Crippen LogP contribution in [0, 0.1) is 0 Å². The fourth-order valence-electron chi connectivity index (χ4n) is 1.67. The second-order valence-corrected chi connectivity index (χ2v) is 5.54. The van der Waals surface area contributed by atoms with E-state index in [9.17, 15) is 13.2 Å². The van der Waals surface area contributed by atoms with Gasteiger partial charge in [0.25, 0.3) is 0 Å². The van der Waals surface area contributed by atoms with Gasteiger partial charge < -0.3 is 10.4 Å². The van der Waals surface area contributed by atoms with Crippen molar-refractivity contribution in [3.63, 3.8) is 0 Å². The minimum absolute atomic E-state index is 0.0266. The van der Waals surface area contributed by atoms with Crippen LogP contribution < -0.4 is 5.32 Å². The predicted molar refractivity (Wildman–Crippen MR) is 75.9 cm³/mol. The normalized spacial score (nSPS) is 13.4. The van der Waals surface area contributed by atoms with E-state index in [0.717, 1.165) is 17.8 Å². The molecular weight excluding hydrogens is 301 g/mol. The fourth-order valence-corrected chi connectivity index (χ4v) is 2.49. The van der Waals surface area contributed by atoms with Crippen LogP contribution in [0.25, 0.3) is 10.6 Å². The summed E-state index contributed by atoms with van der Waals surface area (Å²) in [6.45, 7) is 2.40. The van der Waals surface area contributed by atoms with E-state index in [0.29, 0.717) is 17.1 Å². The molecule has 0 saturated heterocycles. The van der Waals surface area contributed by atoms with Gasteiger partial charge in [-0.1, -0.05) is 12.1 Å². The largest absolute Gasteiger partial charge is 0.416 e. The van der Waals surface area contributed by atoms with E-state index in [2.05, 4.69) is 10.3 Å². The Bertz CT molecular complexity index is 581. The number of alkyl halides is 3. The zero-order chi connectivity index (χ0) is 15.5. The highest BCUT2D eigenvalue weighted by atomic mass is 32.1. The molecule has 0 radical (unpaired) electrons. The number of rotatable bonds is 5. The molecule has 7 heteroatoms. The quantitative estimate of drug-likeness (QED) is 0.889. The smallest absolute Gasteiger partial charge is 0.395 e. The lowest BCUT2D eigenvalue weighted by Gasteiger charge is -2.08.